The summed E-state index contributed by atoms with van der Waals surface area (Å²) >= 11 is 0. The van der Waals surface area contributed by atoms with Crippen LogP contribution in [-0.2, 0) is 6.42 Å². The van der Waals surface area contributed by atoms with Crippen LogP contribution in [0.4, 0.5) is 5.69 Å². The number of benzene rings is 1. The van der Waals surface area contributed by atoms with Gasteiger partial charge in [-0.25, -0.2) is 0 Å². The first-order valence-corrected chi connectivity index (χ1v) is 6.25. The van der Waals surface area contributed by atoms with Gasteiger partial charge in [0.15, 0.2) is 0 Å². The Hall–Kier alpha value is -2.17. The zero-order valence-corrected chi connectivity index (χ0v) is 11.3. The fourth-order valence-corrected chi connectivity index (χ4v) is 2.28. The Labute approximate surface area is 111 Å². The van der Waals surface area contributed by atoms with Crippen molar-refractivity contribution in [2.24, 2.45) is 0 Å². The SMILES string of the molecule is CCCc1cc([N+](=O)[O-])ccc1-c1c(C)noc1C. The van der Waals surface area contributed by atoms with Gasteiger partial charge in [-0.2, -0.15) is 0 Å². The quantitative estimate of drug-likeness (QED) is 0.619. The van der Waals surface area contributed by atoms with Gasteiger partial charge in [-0.3, -0.25) is 10.1 Å². The van der Waals surface area contributed by atoms with Gasteiger partial charge in [0, 0.05) is 17.7 Å². The van der Waals surface area contributed by atoms with Crippen LogP contribution in [0, 0.1) is 24.0 Å². The van der Waals surface area contributed by atoms with Gasteiger partial charge < -0.3 is 4.52 Å². The molecule has 5 nitrogen and oxygen atoms in total. The molecule has 0 aliphatic carbocycles. The molecule has 0 amide bonds. The summed E-state index contributed by atoms with van der Waals surface area (Å²) in [6, 6.07) is 4.96. The lowest BCUT2D eigenvalue weighted by atomic mass is 9.95. The lowest BCUT2D eigenvalue weighted by molar-refractivity contribution is -0.384. The van der Waals surface area contributed by atoms with Crippen molar-refractivity contribution in [3.8, 4) is 11.1 Å². The van der Waals surface area contributed by atoms with Crippen molar-refractivity contribution in [1.82, 2.24) is 5.16 Å². The number of nitro groups is 1. The number of aryl methyl sites for hydroxylation is 3. The van der Waals surface area contributed by atoms with Crippen LogP contribution < -0.4 is 0 Å². The summed E-state index contributed by atoms with van der Waals surface area (Å²) in [5.74, 6) is 0.740. The number of aromatic nitrogens is 1. The Bertz CT molecular complexity index is 598. The molecule has 1 heterocycles. The number of nitrogens with zero attached hydrogens (tertiary/aromatic N) is 2. The fourth-order valence-electron chi connectivity index (χ4n) is 2.28. The maximum atomic E-state index is 10.9. The first kappa shape index (κ1) is 13.3. The van der Waals surface area contributed by atoms with Crippen LogP contribution in [0.25, 0.3) is 11.1 Å². The predicted octanol–water partition coefficient (Wildman–Crippen LogP) is 3.82. The van der Waals surface area contributed by atoms with Gasteiger partial charge in [0.2, 0.25) is 0 Å². The second-order valence-corrected chi connectivity index (χ2v) is 4.55. The molecule has 0 radical (unpaired) electrons. The Kier molecular flexibility index (Phi) is 3.64. The van der Waals surface area contributed by atoms with E-state index in [2.05, 4.69) is 12.1 Å². The minimum Gasteiger partial charge on any atom is -0.361 e. The molecule has 2 aromatic rings. The van der Waals surface area contributed by atoms with Crippen molar-refractivity contribution in [3.05, 3.63) is 45.3 Å². The predicted molar refractivity (Wildman–Crippen MR) is 72.1 cm³/mol. The van der Waals surface area contributed by atoms with Crippen LogP contribution in [0.2, 0.25) is 0 Å². The van der Waals surface area contributed by atoms with Crippen molar-refractivity contribution in [2.75, 3.05) is 0 Å². The Balaban J connectivity index is 2.60. The maximum absolute atomic E-state index is 10.9. The molecule has 0 aliphatic rings. The van der Waals surface area contributed by atoms with Gasteiger partial charge >= 0.3 is 0 Å². The van der Waals surface area contributed by atoms with E-state index < -0.39 is 0 Å². The number of nitro benzene ring substituents is 1. The summed E-state index contributed by atoms with van der Waals surface area (Å²) in [7, 11) is 0. The Morgan fingerprint density at radius 1 is 1.37 bits per heavy atom. The summed E-state index contributed by atoms with van der Waals surface area (Å²) in [6.07, 6.45) is 1.72. The molecule has 0 saturated carbocycles. The van der Waals surface area contributed by atoms with Gasteiger partial charge in [-0.1, -0.05) is 18.5 Å². The highest BCUT2D eigenvalue weighted by Crippen LogP contribution is 2.32. The molecule has 1 aromatic heterocycles. The second-order valence-electron chi connectivity index (χ2n) is 4.55. The summed E-state index contributed by atoms with van der Waals surface area (Å²) in [6.45, 7) is 5.78. The third-order valence-electron chi connectivity index (χ3n) is 3.12. The molecule has 1 aromatic carbocycles. The molecule has 0 N–H and O–H groups in total. The summed E-state index contributed by atoms with van der Waals surface area (Å²) in [5.41, 5.74) is 3.82. The van der Waals surface area contributed by atoms with Crippen LogP contribution in [0.5, 0.6) is 0 Å². The van der Waals surface area contributed by atoms with Crippen LogP contribution in [-0.4, -0.2) is 10.1 Å². The minimum atomic E-state index is -0.365. The molecular formula is C14H16N2O3. The second kappa shape index (κ2) is 5.22. The van der Waals surface area contributed by atoms with Gasteiger partial charge in [0.1, 0.15) is 5.76 Å². The lowest BCUT2D eigenvalue weighted by Crippen LogP contribution is -1.95. The van der Waals surface area contributed by atoms with Crippen LogP contribution in [0.1, 0.15) is 30.4 Å². The molecule has 0 atom stereocenters. The molecule has 0 fully saturated rings. The molecule has 5 heteroatoms. The largest absolute Gasteiger partial charge is 0.361 e. The van der Waals surface area contributed by atoms with E-state index in [4.69, 9.17) is 4.52 Å². The maximum Gasteiger partial charge on any atom is 0.269 e. The monoisotopic (exact) mass is 260 g/mol. The van der Waals surface area contributed by atoms with Crippen molar-refractivity contribution in [1.29, 1.82) is 0 Å². The normalized spacial score (nSPS) is 10.7. The number of rotatable bonds is 4. The summed E-state index contributed by atoms with van der Waals surface area (Å²) < 4.78 is 5.18. The van der Waals surface area contributed by atoms with E-state index in [1.807, 2.05) is 13.8 Å². The smallest absolute Gasteiger partial charge is 0.269 e. The van der Waals surface area contributed by atoms with Gasteiger partial charge in [-0.05, 0) is 37.5 Å². The highest BCUT2D eigenvalue weighted by Gasteiger charge is 2.17. The van der Waals surface area contributed by atoms with Crippen molar-refractivity contribution in [3.63, 3.8) is 0 Å². The molecule has 19 heavy (non-hydrogen) atoms. The average Bonchev–Trinajstić information content (AvgIpc) is 2.70. The van der Waals surface area contributed by atoms with Gasteiger partial charge in [0.25, 0.3) is 5.69 Å². The third kappa shape index (κ3) is 2.50. The molecule has 2 rings (SSSR count). The molecule has 0 aliphatic heterocycles. The van der Waals surface area contributed by atoms with E-state index in [0.717, 1.165) is 41.0 Å². The van der Waals surface area contributed by atoms with E-state index >= 15 is 0 Å². The molecule has 0 unspecified atom stereocenters. The Morgan fingerprint density at radius 2 is 2.11 bits per heavy atom. The molecule has 0 bridgehead atoms. The van der Waals surface area contributed by atoms with Crippen molar-refractivity contribution < 1.29 is 9.45 Å². The first-order valence-electron chi connectivity index (χ1n) is 6.25. The van der Waals surface area contributed by atoms with Crippen LogP contribution >= 0.6 is 0 Å². The van der Waals surface area contributed by atoms with E-state index in [1.54, 1.807) is 12.1 Å². The van der Waals surface area contributed by atoms with Crippen molar-refractivity contribution >= 4 is 5.69 Å². The van der Waals surface area contributed by atoms with E-state index in [0.29, 0.717) is 0 Å². The summed E-state index contributed by atoms with van der Waals surface area (Å²) in [4.78, 5) is 10.5. The molecule has 0 spiro atoms. The van der Waals surface area contributed by atoms with Crippen molar-refractivity contribution in [2.45, 2.75) is 33.6 Å². The molecular weight excluding hydrogens is 244 g/mol. The lowest BCUT2D eigenvalue weighted by Gasteiger charge is -2.08. The van der Waals surface area contributed by atoms with E-state index in [1.165, 1.54) is 6.07 Å². The third-order valence-corrected chi connectivity index (χ3v) is 3.12. The fraction of sp³-hybridized carbons (Fsp3) is 0.357. The topological polar surface area (TPSA) is 69.2 Å². The van der Waals surface area contributed by atoms with Crippen LogP contribution in [0.15, 0.2) is 22.7 Å². The van der Waals surface area contributed by atoms with Crippen LogP contribution in [0.3, 0.4) is 0 Å². The highest BCUT2D eigenvalue weighted by atomic mass is 16.6. The zero-order chi connectivity index (χ0) is 14.0. The number of hydrogen-bond acceptors (Lipinski definition) is 4. The molecule has 0 saturated heterocycles. The first-order chi connectivity index (χ1) is 9.04. The minimum absolute atomic E-state index is 0.124. The number of non-ortho nitro benzene ring substituents is 1. The van der Waals surface area contributed by atoms with Gasteiger partial charge in [-0.15, -0.1) is 0 Å². The highest BCUT2D eigenvalue weighted by molar-refractivity contribution is 5.72. The van der Waals surface area contributed by atoms with E-state index in [9.17, 15) is 10.1 Å². The zero-order valence-electron chi connectivity index (χ0n) is 11.3. The average molecular weight is 260 g/mol. The number of hydrogen-bond donors (Lipinski definition) is 0. The standard InChI is InChI=1S/C14H16N2O3/c1-4-5-11-8-12(16(17)18)6-7-13(11)14-9(2)15-19-10(14)3/h6-8H,4-5H2,1-3H3. The van der Waals surface area contributed by atoms with E-state index in [-0.39, 0.29) is 10.6 Å². The molecule has 100 valence electrons. The Morgan fingerprint density at radius 3 is 2.63 bits per heavy atom. The summed E-state index contributed by atoms with van der Waals surface area (Å²) in [5, 5.41) is 14.8. The van der Waals surface area contributed by atoms with Gasteiger partial charge in [0.05, 0.1) is 10.6 Å².